The summed E-state index contributed by atoms with van der Waals surface area (Å²) >= 11 is 0. The molecule has 20 heavy (non-hydrogen) atoms. The van der Waals surface area contributed by atoms with Gasteiger partial charge in [0.15, 0.2) is 5.78 Å². The van der Waals surface area contributed by atoms with E-state index in [-0.39, 0.29) is 11.7 Å². The highest BCUT2D eigenvalue weighted by molar-refractivity contribution is 6.04. The molecule has 2 heteroatoms. The Morgan fingerprint density at radius 1 is 1.15 bits per heavy atom. The van der Waals surface area contributed by atoms with E-state index in [0.717, 1.165) is 28.0 Å². The maximum Gasteiger partial charge on any atom is 0.164 e. The van der Waals surface area contributed by atoms with Crippen LogP contribution in [0.2, 0.25) is 0 Å². The van der Waals surface area contributed by atoms with Crippen LogP contribution in [-0.4, -0.2) is 12.9 Å². The lowest BCUT2D eigenvalue weighted by Gasteiger charge is -2.17. The van der Waals surface area contributed by atoms with Gasteiger partial charge in [0, 0.05) is 17.9 Å². The Kier molecular flexibility index (Phi) is 3.09. The van der Waals surface area contributed by atoms with E-state index in [1.807, 2.05) is 38.1 Å². The lowest BCUT2D eigenvalue weighted by molar-refractivity contribution is 0.0991. The van der Waals surface area contributed by atoms with E-state index in [9.17, 15) is 4.79 Å². The van der Waals surface area contributed by atoms with Crippen LogP contribution in [-0.2, 0) is 0 Å². The van der Waals surface area contributed by atoms with Crippen molar-refractivity contribution in [3.05, 3.63) is 64.2 Å². The third-order valence-corrected chi connectivity index (χ3v) is 4.22. The van der Waals surface area contributed by atoms with Gasteiger partial charge in [0.2, 0.25) is 0 Å². The molecule has 0 bridgehead atoms. The van der Waals surface area contributed by atoms with Gasteiger partial charge in [-0.15, -0.1) is 0 Å². The lowest BCUT2D eigenvalue weighted by Crippen LogP contribution is -2.02. The number of Topliss-reactive ketones (excluding diaryl/α,β-unsaturated/α-hetero) is 1. The molecule has 0 heterocycles. The standard InChI is InChI=1S/C18H18O2/c1-11-9-16(20-3)12(2)18-14(10-15(19)17(11)18)13-7-5-4-6-8-13/h4-9,14H,10H2,1-3H3. The van der Waals surface area contributed by atoms with Gasteiger partial charge in [-0.3, -0.25) is 4.79 Å². The fourth-order valence-electron chi connectivity index (χ4n) is 3.29. The predicted octanol–water partition coefficient (Wildman–Crippen LogP) is 4.03. The first-order chi connectivity index (χ1) is 9.63. The Morgan fingerprint density at radius 2 is 1.85 bits per heavy atom. The first-order valence-electron chi connectivity index (χ1n) is 6.89. The van der Waals surface area contributed by atoms with E-state index in [0.29, 0.717) is 6.42 Å². The van der Waals surface area contributed by atoms with Gasteiger partial charge in [-0.25, -0.2) is 0 Å². The molecule has 2 aromatic rings. The number of fused-ring (bicyclic) bond motifs is 1. The summed E-state index contributed by atoms with van der Waals surface area (Å²) in [5.41, 5.74) is 5.37. The summed E-state index contributed by atoms with van der Waals surface area (Å²) in [6.45, 7) is 4.04. The van der Waals surface area contributed by atoms with Crippen molar-refractivity contribution in [2.24, 2.45) is 0 Å². The Hall–Kier alpha value is -2.09. The zero-order chi connectivity index (χ0) is 14.3. The van der Waals surface area contributed by atoms with Crippen LogP contribution in [0.15, 0.2) is 36.4 Å². The molecule has 1 atom stereocenters. The number of rotatable bonds is 2. The second-order valence-electron chi connectivity index (χ2n) is 5.40. The van der Waals surface area contributed by atoms with E-state index in [1.165, 1.54) is 5.56 Å². The van der Waals surface area contributed by atoms with Crippen molar-refractivity contribution in [3.8, 4) is 5.75 Å². The molecule has 102 valence electrons. The maximum absolute atomic E-state index is 12.4. The van der Waals surface area contributed by atoms with Crippen molar-refractivity contribution in [1.82, 2.24) is 0 Å². The van der Waals surface area contributed by atoms with Crippen LogP contribution in [0.4, 0.5) is 0 Å². The molecular formula is C18H18O2. The molecule has 0 radical (unpaired) electrons. The van der Waals surface area contributed by atoms with Gasteiger partial charge in [0.1, 0.15) is 5.75 Å². The zero-order valence-corrected chi connectivity index (χ0v) is 12.1. The number of aryl methyl sites for hydroxylation is 1. The summed E-state index contributed by atoms with van der Waals surface area (Å²) in [4.78, 5) is 12.4. The highest BCUT2D eigenvalue weighted by atomic mass is 16.5. The monoisotopic (exact) mass is 266 g/mol. The summed E-state index contributed by atoms with van der Waals surface area (Å²) in [6.07, 6.45) is 0.564. The number of hydrogen-bond donors (Lipinski definition) is 0. The topological polar surface area (TPSA) is 26.3 Å². The fraction of sp³-hybridized carbons (Fsp3) is 0.278. The normalized spacial score (nSPS) is 17.1. The molecule has 1 unspecified atom stereocenters. The molecule has 3 rings (SSSR count). The third kappa shape index (κ3) is 1.83. The SMILES string of the molecule is COc1cc(C)c2c(c1C)C(c1ccccc1)CC2=O. The summed E-state index contributed by atoms with van der Waals surface area (Å²) < 4.78 is 5.46. The van der Waals surface area contributed by atoms with Gasteiger partial charge in [-0.2, -0.15) is 0 Å². The molecular weight excluding hydrogens is 248 g/mol. The Bertz CT molecular complexity index is 672. The van der Waals surface area contributed by atoms with E-state index >= 15 is 0 Å². The van der Waals surface area contributed by atoms with Crippen LogP contribution in [0.1, 0.15) is 45.0 Å². The van der Waals surface area contributed by atoms with Crippen LogP contribution < -0.4 is 4.74 Å². The van der Waals surface area contributed by atoms with Crippen LogP contribution in [0.5, 0.6) is 5.75 Å². The van der Waals surface area contributed by atoms with Crippen LogP contribution in [0, 0.1) is 13.8 Å². The highest BCUT2D eigenvalue weighted by Crippen LogP contribution is 2.44. The van der Waals surface area contributed by atoms with E-state index < -0.39 is 0 Å². The molecule has 2 nitrogen and oxygen atoms in total. The van der Waals surface area contributed by atoms with Crippen molar-refractivity contribution in [3.63, 3.8) is 0 Å². The van der Waals surface area contributed by atoms with E-state index in [4.69, 9.17) is 4.74 Å². The Morgan fingerprint density at radius 3 is 2.50 bits per heavy atom. The minimum Gasteiger partial charge on any atom is -0.496 e. The molecule has 1 aliphatic rings. The van der Waals surface area contributed by atoms with Gasteiger partial charge in [0.05, 0.1) is 7.11 Å². The average Bonchev–Trinajstić information content (AvgIpc) is 2.82. The molecule has 2 aromatic carbocycles. The number of benzene rings is 2. The maximum atomic E-state index is 12.4. The van der Waals surface area contributed by atoms with Crippen LogP contribution >= 0.6 is 0 Å². The number of hydrogen-bond acceptors (Lipinski definition) is 2. The predicted molar refractivity (Wildman–Crippen MR) is 79.7 cm³/mol. The summed E-state index contributed by atoms with van der Waals surface area (Å²) in [7, 11) is 1.68. The summed E-state index contributed by atoms with van der Waals surface area (Å²) in [5.74, 6) is 1.28. The zero-order valence-electron chi connectivity index (χ0n) is 12.1. The first-order valence-corrected chi connectivity index (χ1v) is 6.89. The first kappa shape index (κ1) is 12.9. The number of carbonyl (C=O) groups is 1. The summed E-state index contributed by atoms with van der Waals surface area (Å²) in [5, 5.41) is 0. The molecule has 0 fully saturated rings. The van der Waals surface area contributed by atoms with Crippen molar-refractivity contribution < 1.29 is 9.53 Å². The van der Waals surface area contributed by atoms with Crippen molar-refractivity contribution in [2.75, 3.05) is 7.11 Å². The van der Waals surface area contributed by atoms with Crippen molar-refractivity contribution in [2.45, 2.75) is 26.2 Å². The number of carbonyl (C=O) groups excluding carboxylic acids is 1. The molecule has 0 saturated heterocycles. The van der Waals surface area contributed by atoms with Gasteiger partial charge in [-0.05, 0) is 42.2 Å². The van der Waals surface area contributed by atoms with Crippen LogP contribution in [0.25, 0.3) is 0 Å². The molecule has 0 aromatic heterocycles. The molecule has 0 N–H and O–H groups in total. The molecule has 0 spiro atoms. The second kappa shape index (κ2) is 4.78. The van der Waals surface area contributed by atoms with Gasteiger partial charge in [0.25, 0.3) is 0 Å². The Balaban J connectivity index is 2.24. The molecule has 0 amide bonds. The van der Waals surface area contributed by atoms with Crippen molar-refractivity contribution >= 4 is 5.78 Å². The van der Waals surface area contributed by atoms with E-state index in [2.05, 4.69) is 12.1 Å². The van der Waals surface area contributed by atoms with Crippen molar-refractivity contribution in [1.29, 1.82) is 0 Å². The van der Waals surface area contributed by atoms with Gasteiger partial charge in [-0.1, -0.05) is 30.3 Å². The smallest absolute Gasteiger partial charge is 0.164 e. The minimum atomic E-state index is 0.160. The third-order valence-electron chi connectivity index (χ3n) is 4.22. The quantitative estimate of drug-likeness (QED) is 0.820. The van der Waals surface area contributed by atoms with Crippen LogP contribution in [0.3, 0.4) is 0 Å². The molecule has 0 aliphatic heterocycles. The number of methoxy groups -OCH3 is 1. The van der Waals surface area contributed by atoms with Gasteiger partial charge < -0.3 is 4.74 Å². The van der Waals surface area contributed by atoms with Gasteiger partial charge >= 0.3 is 0 Å². The number of ether oxygens (including phenoxy) is 1. The second-order valence-corrected chi connectivity index (χ2v) is 5.40. The minimum absolute atomic E-state index is 0.160. The molecule has 1 aliphatic carbocycles. The lowest BCUT2D eigenvalue weighted by atomic mass is 9.88. The number of ketones is 1. The largest absolute Gasteiger partial charge is 0.496 e. The van der Waals surface area contributed by atoms with E-state index in [1.54, 1.807) is 7.11 Å². The summed E-state index contributed by atoms with van der Waals surface area (Å²) in [6, 6.07) is 12.2. The Labute approximate surface area is 119 Å². The fourth-order valence-corrected chi connectivity index (χ4v) is 3.29. The molecule has 0 saturated carbocycles. The average molecular weight is 266 g/mol. The highest BCUT2D eigenvalue weighted by Gasteiger charge is 2.34.